The van der Waals surface area contributed by atoms with Gasteiger partial charge in [-0.05, 0) is 24.3 Å². The number of hydrogen-bond donors (Lipinski definition) is 2. The fraction of sp³-hybridized carbons (Fsp3) is 0.125. The van der Waals surface area contributed by atoms with E-state index in [1.165, 1.54) is 10.9 Å². The minimum Gasteiger partial charge on any atom is -0.463 e. The Morgan fingerprint density at radius 1 is 1.23 bits per heavy atom. The van der Waals surface area contributed by atoms with E-state index < -0.39 is 0 Å². The van der Waals surface area contributed by atoms with E-state index in [1.807, 2.05) is 18.2 Å². The van der Waals surface area contributed by atoms with Crippen molar-refractivity contribution in [2.24, 2.45) is 0 Å². The third-order valence-electron chi connectivity index (χ3n) is 3.62. The van der Waals surface area contributed by atoms with Gasteiger partial charge in [-0.3, -0.25) is 9.78 Å². The predicted molar refractivity (Wildman–Crippen MR) is 91.3 cm³/mol. The van der Waals surface area contributed by atoms with E-state index in [9.17, 15) is 4.79 Å². The highest BCUT2D eigenvalue weighted by molar-refractivity contribution is 5.87. The highest BCUT2D eigenvalue weighted by atomic mass is 16.3. The molecule has 4 aromatic rings. The van der Waals surface area contributed by atoms with Gasteiger partial charge in [-0.25, -0.2) is 9.67 Å². The maximum absolute atomic E-state index is 12.2. The number of nitrogens with zero attached hydrogens (tertiary/aromatic N) is 6. The van der Waals surface area contributed by atoms with Crippen molar-refractivity contribution in [1.29, 1.82) is 0 Å². The Morgan fingerprint density at radius 2 is 2.15 bits per heavy atom. The zero-order chi connectivity index (χ0) is 17.9. The van der Waals surface area contributed by atoms with Crippen molar-refractivity contribution in [2.45, 2.75) is 13.1 Å². The van der Waals surface area contributed by atoms with Crippen molar-refractivity contribution in [2.75, 3.05) is 5.73 Å². The van der Waals surface area contributed by atoms with Crippen LogP contribution < -0.4 is 11.1 Å². The Bertz CT molecular complexity index is 1040. The third kappa shape index (κ3) is 3.07. The number of pyridine rings is 1. The first-order valence-corrected chi connectivity index (χ1v) is 7.78. The maximum atomic E-state index is 12.2. The average molecular weight is 350 g/mol. The number of furan rings is 1. The summed E-state index contributed by atoms with van der Waals surface area (Å²) in [5, 5.41) is 10.8. The van der Waals surface area contributed by atoms with Gasteiger partial charge < -0.3 is 15.5 Å². The van der Waals surface area contributed by atoms with E-state index in [0.29, 0.717) is 29.2 Å². The molecule has 0 spiro atoms. The third-order valence-corrected chi connectivity index (χ3v) is 3.62. The standard InChI is InChI=1S/C16H14N8O2/c17-16-20-13(11-5-3-7-26-11)14-15(21-16)24(23-22-14)9-12(25)19-8-10-4-1-2-6-18-10/h1-7H,8-9H2,(H,19,25)(H2,17,20,21). The van der Waals surface area contributed by atoms with Crippen molar-refractivity contribution in [3.8, 4) is 11.5 Å². The van der Waals surface area contributed by atoms with Crippen LogP contribution in [0.15, 0.2) is 47.2 Å². The Balaban J connectivity index is 1.56. The fourth-order valence-corrected chi connectivity index (χ4v) is 2.45. The lowest BCUT2D eigenvalue weighted by atomic mass is 10.3. The van der Waals surface area contributed by atoms with E-state index in [2.05, 4.69) is 30.6 Å². The number of amides is 1. The predicted octanol–water partition coefficient (Wildman–Crippen LogP) is 0.775. The molecule has 4 rings (SSSR count). The van der Waals surface area contributed by atoms with Gasteiger partial charge in [0.15, 0.2) is 16.9 Å². The molecule has 0 saturated heterocycles. The molecule has 3 N–H and O–H groups in total. The molecule has 0 aliphatic heterocycles. The zero-order valence-electron chi connectivity index (χ0n) is 13.5. The molecule has 0 aromatic carbocycles. The molecule has 0 fully saturated rings. The second-order valence-corrected chi connectivity index (χ2v) is 5.42. The number of nitrogen functional groups attached to an aromatic ring is 1. The van der Waals surface area contributed by atoms with Crippen LogP contribution in [0.5, 0.6) is 0 Å². The lowest BCUT2D eigenvalue weighted by Gasteiger charge is -2.05. The molecule has 0 unspecified atom stereocenters. The van der Waals surface area contributed by atoms with Crippen LogP contribution in [-0.4, -0.2) is 35.9 Å². The quantitative estimate of drug-likeness (QED) is 0.538. The van der Waals surface area contributed by atoms with Crippen LogP contribution in [0.4, 0.5) is 5.95 Å². The van der Waals surface area contributed by atoms with Crippen molar-refractivity contribution in [3.05, 3.63) is 48.5 Å². The fourth-order valence-electron chi connectivity index (χ4n) is 2.45. The molecule has 0 bridgehead atoms. The van der Waals surface area contributed by atoms with E-state index in [0.717, 1.165) is 5.69 Å². The van der Waals surface area contributed by atoms with Gasteiger partial charge in [-0.15, -0.1) is 5.10 Å². The molecule has 0 aliphatic rings. The number of carbonyl (C=O) groups is 1. The molecule has 0 radical (unpaired) electrons. The van der Waals surface area contributed by atoms with Gasteiger partial charge in [0.1, 0.15) is 12.2 Å². The molecule has 1 amide bonds. The number of nitrogens with two attached hydrogens (primary N) is 1. The van der Waals surface area contributed by atoms with Gasteiger partial charge >= 0.3 is 0 Å². The highest BCUT2D eigenvalue weighted by Crippen LogP contribution is 2.25. The Hall–Kier alpha value is -3.82. The Labute approximate surface area is 147 Å². The lowest BCUT2D eigenvalue weighted by Crippen LogP contribution is -2.28. The van der Waals surface area contributed by atoms with Gasteiger partial charge in [-0.1, -0.05) is 11.3 Å². The summed E-state index contributed by atoms with van der Waals surface area (Å²) in [5.41, 5.74) is 7.74. The van der Waals surface area contributed by atoms with E-state index >= 15 is 0 Å². The number of rotatable bonds is 5. The van der Waals surface area contributed by atoms with Gasteiger partial charge in [0, 0.05) is 6.20 Å². The first-order chi connectivity index (χ1) is 12.7. The first-order valence-electron chi connectivity index (χ1n) is 7.78. The number of nitrogens with one attached hydrogen (secondary N) is 1. The average Bonchev–Trinajstić information content (AvgIpc) is 3.31. The number of anilines is 1. The summed E-state index contributed by atoms with van der Waals surface area (Å²) in [6.07, 6.45) is 3.19. The van der Waals surface area contributed by atoms with Crippen LogP contribution in [0.3, 0.4) is 0 Å². The molecular formula is C16H14N8O2. The largest absolute Gasteiger partial charge is 0.463 e. The molecule has 0 aliphatic carbocycles. The second kappa shape index (κ2) is 6.59. The smallest absolute Gasteiger partial charge is 0.242 e. The molecular weight excluding hydrogens is 336 g/mol. The second-order valence-electron chi connectivity index (χ2n) is 5.42. The summed E-state index contributed by atoms with van der Waals surface area (Å²) in [7, 11) is 0. The van der Waals surface area contributed by atoms with Crippen LogP contribution in [0.25, 0.3) is 22.6 Å². The Morgan fingerprint density at radius 3 is 2.92 bits per heavy atom. The molecule has 10 nitrogen and oxygen atoms in total. The summed E-state index contributed by atoms with van der Waals surface area (Å²) < 4.78 is 6.72. The first kappa shape index (κ1) is 15.7. The molecule has 10 heteroatoms. The number of fused-ring (bicyclic) bond motifs is 1. The van der Waals surface area contributed by atoms with E-state index in [-0.39, 0.29) is 18.4 Å². The van der Waals surface area contributed by atoms with Crippen LogP contribution in [0, 0.1) is 0 Å². The maximum Gasteiger partial charge on any atom is 0.242 e. The van der Waals surface area contributed by atoms with Crippen molar-refractivity contribution >= 4 is 23.0 Å². The van der Waals surface area contributed by atoms with Crippen molar-refractivity contribution < 1.29 is 9.21 Å². The summed E-state index contributed by atoms with van der Waals surface area (Å²) in [4.78, 5) is 24.7. The monoisotopic (exact) mass is 350 g/mol. The Kier molecular flexibility index (Phi) is 3.98. The summed E-state index contributed by atoms with van der Waals surface area (Å²) in [6.45, 7) is 0.262. The van der Waals surface area contributed by atoms with Crippen LogP contribution in [0.1, 0.15) is 5.69 Å². The SMILES string of the molecule is Nc1nc(-c2ccco2)c2nnn(CC(=O)NCc3ccccn3)c2n1. The van der Waals surface area contributed by atoms with Gasteiger partial charge in [0.05, 0.1) is 18.5 Å². The summed E-state index contributed by atoms with van der Waals surface area (Å²) in [6, 6.07) is 8.96. The van der Waals surface area contributed by atoms with Crippen molar-refractivity contribution in [1.82, 2.24) is 35.3 Å². The number of carbonyl (C=O) groups excluding carboxylic acids is 1. The minimum atomic E-state index is -0.251. The van der Waals surface area contributed by atoms with Gasteiger partial charge in [-0.2, -0.15) is 4.98 Å². The highest BCUT2D eigenvalue weighted by Gasteiger charge is 2.18. The summed E-state index contributed by atoms with van der Waals surface area (Å²) in [5.74, 6) is 0.288. The van der Waals surface area contributed by atoms with Gasteiger partial charge in [0.25, 0.3) is 0 Å². The van der Waals surface area contributed by atoms with Gasteiger partial charge in [0.2, 0.25) is 11.9 Å². The molecule has 4 heterocycles. The topological polar surface area (TPSA) is 138 Å². The molecule has 130 valence electrons. The van der Waals surface area contributed by atoms with E-state index in [1.54, 1.807) is 18.3 Å². The van der Waals surface area contributed by atoms with Crippen LogP contribution >= 0.6 is 0 Å². The molecule has 0 saturated carbocycles. The normalized spacial score (nSPS) is 10.9. The molecule has 4 aromatic heterocycles. The van der Waals surface area contributed by atoms with Crippen LogP contribution in [-0.2, 0) is 17.9 Å². The number of hydrogen-bond acceptors (Lipinski definition) is 8. The van der Waals surface area contributed by atoms with Crippen LogP contribution in [0.2, 0.25) is 0 Å². The zero-order valence-corrected chi connectivity index (χ0v) is 13.5. The lowest BCUT2D eigenvalue weighted by molar-refractivity contribution is -0.122. The van der Waals surface area contributed by atoms with Crippen molar-refractivity contribution in [3.63, 3.8) is 0 Å². The molecule has 0 atom stereocenters. The number of aromatic nitrogens is 6. The van der Waals surface area contributed by atoms with E-state index in [4.69, 9.17) is 10.2 Å². The minimum absolute atomic E-state index is 0.0429. The summed E-state index contributed by atoms with van der Waals surface area (Å²) >= 11 is 0. The molecule has 26 heavy (non-hydrogen) atoms.